The van der Waals surface area contributed by atoms with Gasteiger partial charge in [0.2, 0.25) is 0 Å². The molecule has 3 rings (SSSR count). The quantitative estimate of drug-likeness (QED) is 0.745. The van der Waals surface area contributed by atoms with E-state index < -0.39 is 0 Å². The van der Waals surface area contributed by atoms with E-state index >= 15 is 0 Å². The average Bonchev–Trinajstić information content (AvgIpc) is 2.47. The van der Waals surface area contributed by atoms with E-state index in [-0.39, 0.29) is 0 Å². The highest BCUT2D eigenvalue weighted by atomic mass is 35.5. The Morgan fingerprint density at radius 2 is 1.52 bits per heavy atom. The molecule has 104 valence electrons. The summed E-state index contributed by atoms with van der Waals surface area (Å²) in [5.41, 5.74) is 8.97. The Labute approximate surface area is 132 Å². The zero-order valence-electron chi connectivity index (χ0n) is 10.9. The summed E-state index contributed by atoms with van der Waals surface area (Å²) in [6.07, 6.45) is 1.65. The van der Waals surface area contributed by atoms with E-state index in [0.717, 1.165) is 16.8 Å². The van der Waals surface area contributed by atoms with Crippen LogP contribution in [-0.2, 0) is 0 Å². The first-order valence-corrected chi connectivity index (χ1v) is 7.03. The Morgan fingerprint density at radius 1 is 0.857 bits per heavy atom. The number of aromatic nitrogens is 2. The minimum atomic E-state index is 0.341. The third kappa shape index (κ3) is 2.99. The van der Waals surface area contributed by atoms with E-state index in [4.69, 9.17) is 28.9 Å². The molecular weight excluding hydrogens is 305 g/mol. The van der Waals surface area contributed by atoms with Gasteiger partial charge in [0.1, 0.15) is 11.5 Å². The van der Waals surface area contributed by atoms with Crippen LogP contribution < -0.4 is 5.73 Å². The van der Waals surface area contributed by atoms with Gasteiger partial charge in [0.25, 0.3) is 0 Å². The Bertz CT molecular complexity index is 769. The molecule has 21 heavy (non-hydrogen) atoms. The van der Waals surface area contributed by atoms with Crippen molar-refractivity contribution in [3.05, 3.63) is 64.8 Å². The summed E-state index contributed by atoms with van der Waals surface area (Å²) < 4.78 is 0. The predicted molar refractivity (Wildman–Crippen MR) is 87.3 cm³/mol. The summed E-state index contributed by atoms with van der Waals surface area (Å²) in [5.74, 6) is 0.341. The zero-order chi connectivity index (χ0) is 14.8. The normalized spacial score (nSPS) is 10.6. The number of benzene rings is 2. The summed E-state index contributed by atoms with van der Waals surface area (Å²) in [7, 11) is 0. The van der Waals surface area contributed by atoms with Crippen LogP contribution >= 0.6 is 23.2 Å². The van der Waals surface area contributed by atoms with E-state index in [9.17, 15) is 0 Å². The molecule has 0 saturated carbocycles. The minimum Gasteiger partial charge on any atom is -0.382 e. The fourth-order valence-electron chi connectivity index (χ4n) is 2.05. The second kappa shape index (κ2) is 5.72. The lowest BCUT2D eigenvalue weighted by Gasteiger charge is -2.08. The highest BCUT2D eigenvalue weighted by molar-refractivity contribution is 6.35. The van der Waals surface area contributed by atoms with Gasteiger partial charge in [-0.15, -0.1) is 0 Å². The van der Waals surface area contributed by atoms with Crippen molar-refractivity contribution in [2.45, 2.75) is 0 Å². The van der Waals surface area contributed by atoms with E-state index in [1.807, 2.05) is 30.3 Å². The van der Waals surface area contributed by atoms with Gasteiger partial charge >= 0.3 is 0 Å². The van der Waals surface area contributed by atoms with Gasteiger partial charge in [-0.2, -0.15) is 0 Å². The van der Waals surface area contributed by atoms with Gasteiger partial charge in [-0.25, -0.2) is 9.97 Å². The van der Waals surface area contributed by atoms with Crippen LogP contribution in [-0.4, -0.2) is 9.97 Å². The van der Waals surface area contributed by atoms with Crippen LogP contribution in [0, 0.1) is 0 Å². The van der Waals surface area contributed by atoms with Crippen molar-refractivity contribution in [1.29, 1.82) is 0 Å². The standard InChI is InChI=1S/C16H11Cl2N3/c17-12-6-11(7-13(18)8-12)15-16(19)20-9-14(21-15)10-4-2-1-3-5-10/h1-9H,(H2,19,20). The zero-order valence-corrected chi connectivity index (χ0v) is 12.4. The molecule has 0 aliphatic rings. The molecule has 0 bridgehead atoms. The van der Waals surface area contributed by atoms with Crippen molar-refractivity contribution >= 4 is 29.0 Å². The molecule has 1 heterocycles. The first-order chi connectivity index (χ1) is 10.1. The van der Waals surface area contributed by atoms with E-state index in [2.05, 4.69) is 9.97 Å². The van der Waals surface area contributed by atoms with Gasteiger partial charge in [-0.05, 0) is 18.2 Å². The molecule has 3 aromatic rings. The molecule has 2 aromatic carbocycles. The third-order valence-corrected chi connectivity index (χ3v) is 3.44. The molecule has 0 aliphatic heterocycles. The molecule has 5 heteroatoms. The molecule has 0 fully saturated rings. The topological polar surface area (TPSA) is 51.8 Å². The van der Waals surface area contributed by atoms with Crippen LogP contribution in [0.4, 0.5) is 5.82 Å². The maximum atomic E-state index is 6.04. The molecule has 0 amide bonds. The van der Waals surface area contributed by atoms with Crippen LogP contribution in [0.15, 0.2) is 54.7 Å². The number of rotatable bonds is 2. The van der Waals surface area contributed by atoms with Crippen molar-refractivity contribution in [2.24, 2.45) is 0 Å². The first kappa shape index (κ1) is 13.9. The lowest BCUT2D eigenvalue weighted by molar-refractivity contribution is 1.22. The van der Waals surface area contributed by atoms with Crippen molar-refractivity contribution < 1.29 is 0 Å². The van der Waals surface area contributed by atoms with E-state index in [1.165, 1.54) is 0 Å². The van der Waals surface area contributed by atoms with Gasteiger partial charge in [0.05, 0.1) is 11.9 Å². The number of anilines is 1. The van der Waals surface area contributed by atoms with Crippen LogP contribution in [0.25, 0.3) is 22.5 Å². The smallest absolute Gasteiger partial charge is 0.150 e. The third-order valence-electron chi connectivity index (χ3n) is 3.01. The maximum absolute atomic E-state index is 6.04. The molecule has 0 atom stereocenters. The highest BCUT2D eigenvalue weighted by Crippen LogP contribution is 2.30. The number of nitrogens with zero attached hydrogens (tertiary/aromatic N) is 2. The van der Waals surface area contributed by atoms with Gasteiger partial charge in [0.15, 0.2) is 0 Å². The van der Waals surface area contributed by atoms with Gasteiger partial charge in [0, 0.05) is 21.2 Å². The fraction of sp³-hybridized carbons (Fsp3) is 0. The Morgan fingerprint density at radius 3 is 2.19 bits per heavy atom. The van der Waals surface area contributed by atoms with Crippen LogP contribution in [0.1, 0.15) is 0 Å². The summed E-state index contributed by atoms with van der Waals surface area (Å²) >= 11 is 12.1. The Balaban J connectivity index is 2.14. The SMILES string of the molecule is Nc1ncc(-c2ccccc2)nc1-c1cc(Cl)cc(Cl)c1. The summed E-state index contributed by atoms with van der Waals surface area (Å²) in [6.45, 7) is 0. The van der Waals surface area contributed by atoms with Crippen molar-refractivity contribution in [3.8, 4) is 22.5 Å². The largest absolute Gasteiger partial charge is 0.382 e. The van der Waals surface area contributed by atoms with Crippen LogP contribution in [0.3, 0.4) is 0 Å². The van der Waals surface area contributed by atoms with Crippen LogP contribution in [0.5, 0.6) is 0 Å². The summed E-state index contributed by atoms with van der Waals surface area (Å²) in [5, 5.41) is 1.06. The monoisotopic (exact) mass is 315 g/mol. The van der Waals surface area contributed by atoms with Gasteiger partial charge < -0.3 is 5.73 Å². The number of nitrogen functional groups attached to an aromatic ring is 1. The molecule has 2 N–H and O–H groups in total. The fourth-order valence-corrected chi connectivity index (χ4v) is 2.58. The van der Waals surface area contributed by atoms with Crippen LogP contribution in [0.2, 0.25) is 10.0 Å². The van der Waals surface area contributed by atoms with E-state index in [0.29, 0.717) is 21.6 Å². The molecule has 0 unspecified atom stereocenters. The number of nitrogens with two attached hydrogens (primary N) is 1. The predicted octanol–water partition coefficient (Wildman–Crippen LogP) is 4.70. The summed E-state index contributed by atoms with van der Waals surface area (Å²) in [6, 6.07) is 15.0. The number of hydrogen-bond donors (Lipinski definition) is 1. The van der Waals surface area contributed by atoms with Crippen molar-refractivity contribution in [2.75, 3.05) is 5.73 Å². The minimum absolute atomic E-state index is 0.341. The van der Waals surface area contributed by atoms with Gasteiger partial charge in [-0.1, -0.05) is 53.5 Å². The Hall–Kier alpha value is -2.10. The van der Waals surface area contributed by atoms with E-state index in [1.54, 1.807) is 24.4 Å². The van der Waals surface area contributed by atoms with Gasteiger partial charge in [-0.3, -0.25) is 0 Å². The molecule has 0 saturated heterocycles. The highest BCUT2D eigenvalue weighted by Gasteiger charge is 2.10. The number of halogens is 2. The first-order valence-electron chi connectivity index (χ1n) is 6.28. The summed E-state index contributed by atoms with van der Waals surface area (Å²) in [4.78, 5) is 8.81. The van der Waals surface area contributed by atoms with Crippen molar-refractivity contribution in [3.63, 3.8) is 0 Å². The molecule has 0 radical (unpaired) electrons. The maximum Gasteiger partial charge on any atom is 0.150 e. The Kier molecular flexibility index (Phi) is 3.78. The van der Waals surface area contributed by atoms with Crippen molar-refractivity contribution in [1.82, 2.24) is 9.97 Å². The second-order valence-electron chi connectivity index (χ2n) is 4.51. The lowest BCUT2D eigenvalue weighted by atomic mass is 10.1. The average molecular weight is 316 g/mol. The molecule has 1 aromatic heterocycles. The number of hydrogen-bond acceptors (Lipinski definition) is 3. The second-order valence-corrected chi connectivity index (χ2v) is 5.39. The molecule has 3 nitrogen and oxygen atoms in total. The molecule has 0 spiro atoms. The lowest BCUT2D eigenvalue weighted by Crippen LogP contribution is -1.99. The molecular formula is C16H11Cl2N3. The molecule has 0 aliphatic carbocycles.